The Morgan fingerprint density at radius 3 is 2.12 bits per heavy atom. The summed E-state index contributed by atoms with van der Waals surface area (Å²) in [6.07, 6.45) is 0.454. The molecule has 1 amide bonds. The molecule has 17 heavy (non-hydrogen) atoms. The number of nitrogens with one attached hydrogen (secondary N) is 1. The summed E-state index contributed by atoms with van der Waals surface area (Å²) in [5.41, 5.74) is 0. The largest absolute Gasteiger partial charge is 0.379 e. The van der Waals surface area contributed by atoms with Crippen LogP contribution in [0, 0.1) is 11.8 Å². The van der Waals surface area contributed by atoms with Crippen molar-refractivity contribution in [2.45, 2.75) is 41.5 Å². The molecule has 0 saturated heterocycles. The number of carbonyl (C=O) groups excluding carboxylic acids is 2. The Morgan fingerprint density at radius 2 is 1.65 bits per heavy atom. The van der Waals surface area contributed by atoms with Gasteiger partial charge in [-0.05, 0) is 0 Å². The fourth-order valence-corrected chi connectivity index (χ4v) is 1.01. The predicted molar refractivity (Wildman–Crippen MR) is 69.9 cm³/mol. The number of amides is 1. The van der Waals surface area contributed by atoms with Crippen LogP contribution >= 0.6 is 0 Å². The van der Waals surface area contributed by atoms with Crippen molar-refractivity contribution in [2.75, 3.05) is 19.8 Å². The predicted octanol–water partition coefficient (Wildman–Crippen LogP) is 2.03. The van der Waals surface area contributed by atoms with Gasteiger partial charge in [0.15, 0.2) is 0 Å². The zero-order valence-electron chi connectivity index (χ0n) is 10.7. The minimum atomic E-state index is 0. The summed E-state index contributed by atoms with van der Waals surface area (Å²) in [4.78, 5) is 22.4. The highest BCUT2D eigenvalue weighted by atomic mass is 16.5. The molecule has 0 saturated carbocycles. The maximum absolute atomic E-state index is 11.2. The summed E-state index contributed by atoms with van der Waals surface area (Å²) >= 11 is 0. The Kier molecular flexibility index (Phi) is 11.2. The maximum atomic E-state index is 11.2. The zero-order valence-corrected chi connectivity index (χ0v) is 10.7. The molecule has 0 aromatic rings. The van der Waals surface area contributed by atoms with Gasteiger partial charge in [0.1, 0.15) is 5.78 Å². The second kappa shape index (κ2) is 10.3. The fourth-order valence-electron chi connectivity index (χ4n) is 1.01. The summed E-state index contributed by atoms with van der Waals surface area (Å²) in [5, 5.41) is 2.74. The quantitative estimate of drug-likeness (QED) is 0.666. The molecule has 4 heteroatoms. The van der Waals surface area contributed by atoms with E-state index in [0.29, 0.717) is 26.2 Å². The van der Waals surface area contributed by atoms with Gasteiger partial charge in [0.25, 0.3) is 0 Å². The minimum Gasteiger partial charge on any atom is -0.379 e. The molecular weight excluding hydrogens is 218 g/mol. The monoisotopic (exact) mass is 245 g/mol. The summed E-state index contributed by atoms with van der Waals surface area (Å²) in [7, 11) is 0. The summed E-state index contributed by atoms with van der Waals surface area (Å²) in [5.74, 6) is 0.319. The number of ether oxygens (including phenoxy) is 1. The van der Waals surface area contributed by atoms with E-state index in [2.05, 4.69) is 5.32 Å². The van der Waals surface area contributed by atoms with Crippen LogP contribution in [0.15, 0.2) is 0 Å². The molecule has 4 nitrogen and oxygen atoms in total. The number of hydrogen-bond donors (Lipinski definition) is 1. The van der Waals surface area contributed by atoms with Crippen molar-refractivity contribution in [1.29, 1.82) is 0 Å². The first-order chi connectivity index (χ1) is 7.45. The van der Waals surface area contributed by atoms with Crippen molar-refractivity contribution in [3.63, 3.8) is 0 Å². The van der Waals surface area contributed by atoms with Crippen LogP contribution in [0.5, 0.6) is 0 Å². The maximum Gasteiger partial charge on any atom is 0.222 e. The SMILES string of the molecule is C.CC(C)C(=O)CCOCCNC(=O)C(C)C. The van der Waals surface area contributed by atoms with Crippen molar-refractivity contribution in [3.8, 4) is 0 Å². The third kappa shape index (κ3) is 10.00. The average Bonchev–Trinajstić information content (AvgIpc) is 2.21. The van der Waals surface area contributed by atoms with Gasteiger partial charge in [0, 0.05) is 24.8 Å². The van der Waals surface area contributed by atoms with Gasteiger partial charge in [-0.1, -0.05) is 35.1 Å². The lowest BCUT2D eigenvalue weighted by Gasteiger charge is -2.08. The highest BCUT2D eigenvalue weighted by Crippen LogP contribution is 1.98. The second-order valence-electron chi connectivity index (χ2n) is 4.43. The summed E-state index contributed by atoms with van der Waals surface area (Å²) in [6, 6.07) is 0. The topological polar surface area (TPSA) is 55.4 Å². The molecule has 0 heterocycles. The first-order valence-electron chi connectivity index (χ1n) is 5.83. The molecule has 102 valence electrons. The highest BCUT2D eigenvalue weighted by molar-refractivity contribution is 5.80. The third-order valence-corrected chi connectivity index (χ3v) is 2.21. The van der Waals surface area contributed by atoms with Gasteiger partial charge in [-0.15, -0.1) is 0 Å². The third-order valence-electron chi connectivity index (χ3n) is 2.21. The van der Waals surface area contributed by atoms with Crippen LogP contribution in [-0.2, 0) is 14.3 Å². The Morgan fingerprint density at radius 1 is 1.06 bits per heavy atom. The molecule has 0 aliphatic heterocycles. The van der Waals surface area contributed by atoms with E-state index in [0.717, 1.165) is 0 Å². The fraction of sp³-hybridized carbons (Fsp3) is 0.846. The van der Waals surface area contributed by atoms with Crippen LogP contribution in [-0.4, -0.2) is 31.4 Å². The normalized spacial score (nSPS) is 10.2. The first kappa shape index (κ1) is 18.5. The number of carbonyl (C=O) groups is 2. The molecular formula is C13H27NO3. The van der Waals surface area contributed by atoms with E-state index in [1.807, 2.05) is 27.7 Å². The zero-order chi connectivity index (χ0) is 12.6. The molecule has 0 aliphatic carbocycles. The van der Waals surface area contributed by atoms with Crippen molar-refractivity contribution in [3.05, 3.63) is 0 Å². The minimum absolute atomic E-state index is 0. The van der Waals surface area contributed by atoms with Gasteiger partial charge >= 0.3 is 0 Å². The van der Waals surface area contributed by atoms with E-state index in [-0.39, 0.29) is 31.0 Å². The highest BCUT2D eigenvalue weighted by Gasteiger charge is 2.07. The van der Waals surface area contributed by atoms with Crippen molar-refractivity contribution in [2.24, 2.45) is 11.8 Å². The lowest BCUT2D eigenvalue weighted by atomic mass is 10.1. The number of hydrogen-bond acceptors (Lipinski definition) is 3. The van der Waals surface area contributed by atoms with Gasteiger partial charge in [-0.25, -0.2) is 0 Å². The molecule has 0 aromatic heterocycles. The van der Waals surface area contributed by atoms with E-state index in [1.54, 1.807) is 0 Å². The van der Waals surface area contributed by atoms with E-state index >= 15 is 0 Å². The summed E-state index contributed by atoms with van der Waals surface area (Å²) in [6.45, 7) is 8.86. The van der Waals surface area contributed by atoms with Gasteiger partial charge in [-0.3, -0.25) is 9.59 Å². The molecule has 0 aliphatic rings. The van der Waals surface area contributed by atoms with Crippen molar-refractivity contribution in [1.82, 2.24) is 5.32 Å². The van der Waals surface area contributed by atoms with Crippen LogP contribution in [0.2, 0.25) is 0 Å². The van der Waals surface area contributed by atoms with Gasteiger partial charge in [0.05, 0.1) is 13.2 Å². The van der Waals surface area contributed by atoms with Crippen LogP contribution < -0.4 is 5.32 Å². The molecule has 0 rings (SSSR count). The lowest BCUT2D eigenvalue weighted by molar-refractivity contribution is -0.125. The second-order valence-corrected chi connectivity index (χ2v) is 4.43. The smallest absolute Gasteiger partial charge is 0.222 e. The Balaban J connectivity index is 0. The van der Waals surface area contributed by atoms with E-state index in [1.165, 1.54) is 0 Å². The molecule has 0 bridgehead atoms. The van der Waals surface area contributed by atoms with Crippen LogP contribution in [0.1, 0.15) is 41.5 Å². The first-order valence-corrected chi connectivity index (χ1v) is 5.83. The standard InChI is InChI=1S/C12H23NO3.CH4/c1-9(2)11(14)5-7-16-8-6-13-12(15)10(3)4;/h9-10H,5-8H2,1-4H3,(H,13,15);1H4. The van der Waals surface area contributed by atoms with Crippen LogP contribution in [0.25, 0.3) is 0 Å². The molecule has 0 atom stereocenters. The lowest BCUT2D eigenvalue weighted by Crippen LogP contribution is -2.30. The average molecular weight is 245 g/mol. The molecule has 0 radical (unpaired) electrons. The number of ketones is 1. The molecule has 0 spiro atoms. The van der Waals surface area contributed by atoms with Gasteiger partial charge in [0.2, 0.25) is 5.91 Å². The van der Waals surface area contributed by atoms with E-state index in [4.69, 9.17) is 4.74 Å². The van der Waals surface area contributed by atoms with Gasteiger partial charge in [-0.2, -0.15) is 0 Å². The molecule has 1 N–H and O–H groups in total. The molecule has 0 aromatic carbocycles. The van der Waals surface area contributed by atoms with Gasteiger partial charge < -0.3 is 10.1 Å². The van der Waals surface area contributed by atoms with E-state index in [9.17, 15) is 9.59 Å². The Labute approximate surface area is 105 Å². The number of Topliss-reactive ketones (excluding diaryl/α,β-unsaturated/α-hetero) is 1. The summed E-state index contributed by atoms with van der Waals surface area (Å²) < 4.78 is 5.25. The molecule has 0 fully saturated rings. The van der Waals surface area contributed by atoms with Crippen molar-refractivity contribution >= 4 is 11.7 Å². The van der Waals surface area contributed by atoms with Crippen LogP contribution in [0.4, 0.5) is 0 Å². The Bertz CT molecular complexity index is 201. The molecule has 0 unspecified atom stereocenters. The van der Waals surface area contributed by atoms with Crippen LogP contribution in [0.3, 0.4) is 0 Å². The van der Waals surface area contributed by atoms with E-state index < -0.39 is 0 Å². The number of rotatable bonds is 8. The Hall–Kier alpha value is -0.900. The van der Waals surface area contributed by atoms with Crippen molar-refractivity contribution < 1.29 is 14.3 Å².